The minimum absolute atomic E-state index is 0.0625. The van der Waals surface area contributed by atoms with Gasteiger partial charge in [0.15, 0.2) is 0 Å². The molecule has 0 fully saturated rings. The summed E-state index contributed by atoms with van der Waals surface area (Å²) in [6, 6.07) is 14.3. The van der Waals surface area contributed by atoms with Crippen LogP contribution in [-0.4, -0.2) is 27.0 Å². The lowest BCUT2D eigenvalue weighted by Crippen LogP contribution is -2.45. The van der Waals surface area contributed by atoms with Gasteiger partial charge in [0.1, 0.15) is 18.4 Å². The van der Waals surface area contributed by atoms with Crippen LogP contribution in [-0.2, 0) is 26.2 Å². The van der Waals surface area contributed by atoms with Gasteiger partial charge >= 0.3 is 5.97 Å². The van der Waals surface area contributed by atoms with Crippen LogP contribution < -0.4 is 9.46 Å². The SMILES string of the molecule is CCOc1ccc(S(=O)(=O)N[C@H](C(=O)OCc2ccccc2)C(C)C)cc1. The topological polar surface area (TPSA) is 81.7 Å². The van der Waals surface area contributed by atoms with E-state index in [0.29, 0.717) is 12.4 Å². The third-order valence-electron chi connectivity index (χ3n) is 3.87. The molecule has 0 saturated carbocycles. The number of ether oxygens (including phenoxy) is 2. The van der Waals surface area contributed by atoms with Gasteiger partial charge in [-0.25, -0.2) is 8.42 Å². The Morgan fingerprint density at radius 3 is 2.22 bits per heavy atom. The number of sulfonamides is 1. The first-order valence-electron chi connectivity index (χ1n) is 8.79. The number of benzene rings is 2. The van der Waals surface area contributed by atoms with Gasteiger partial charge in [-0.3, -0.25) is 4.79 Å². The van der Waals surface area contributed by atoms with Gasteiger partial charge in [-0.1, -0.05) is 44.2 Å². The molecule has 6 nitrogen and oxygen atoms in total. The molecule has 0 spiro atoms. The van der Waals surface area contributed by atoms with Crippen molar-refractivity contribution in [2.45, 2.75) is 38.3 Å². The van der Waals surface area contributed by atoms with E-state index in [4.69, 9.17) is 9.47 Å². The van der Waals surface area contributed by atoms with Crippen molar-refractivity contribution in [3.05, 3.63) is 60.2 Å². The highest BCUT2D eigenvalue weighted by Gasteiger charge is 2.29. The predicted molar refractivity (Wildman–Crippen MR) is 103 cm³/mol. The average molecular weight is 391 g/mol. The lowest BCUT2D eigenvalue weighted by molar-refractivity contribution is -0.148. The number of nitrogens with one attached hydrogen (secondary N) is 1. The van der Waals surface area contributed by atoms with Crippen molar-refractivity contribution in [3.63, 3.8) is 0 Å². The van der Waals surface area contributed by atoms with E-state index in [1.807, 2.05) is 37.3 Å². The minimum Gasteiger partial charge on any atom is -0.494 e. The zero-order chi connectivity index (χ0) is 19.9. The smallest absolute Gasteiger partial charge is 0.324 e. The van der Waals surface area contributed by atoms with Crippen molar-refractivity contribution < 1.29 is 22.7 Å². The molecule has 2 aromatic rings. The second-order valence-electron chi connectivity index (χ2n) is 6.34. The summed E-state index contributed by atoms with van der Waals surface area (Å²) in [5.41, 5.74) is 0.836. The van der Waals surface area contributed by atoms with Crippen LogP contribution in [0.5, 0.6) is 5.75 Å². The second-order valence-corrected chi connectivity index (χ2v) is 8.05. The Hall–Kier alpha value is -2.38. The van der Waals surface area contributed by atoms with Crippen LogP contribution in [0.4, 0.5) is 0 Å². The molecule has 2 aromatic carbocycles. The van der Waals surface area contributed by atoms with Crippen LogP contribution in [0.25, 0.3) is 0 Å². The molecular formula is C20H25NO5S. The van der Waals surface area contributed by atoms with Gasteiger partial charge < -0.3 is 9.47 Å². The van der Waals surface area contributed by atoms with Gasteiger partial charge in [-0.05, 0) is 42.7 Å². The third kappa shape index (κ3) is 6.08. The fraction of sp³-hybridized carbons (Fsp3) is 0.350. The Bertz CT molecular complexity index is 832. The van der Waals surface area contributed by atoms with Crippen LogP contribution in [0.1, 0.15) is 26.3 Å². The first kappa shape index (κ1) is 20.9. The molecule has 0 aliphatic heterocycles. The maximum Gasteiger partial charge on any atom is 0.324 e. The lowest BCUT2D eigenvalue weighted by atomic mass is 10.1. The van der Waals surface area contributed by atoms with E-state index in [1.54, 1.807) is 26.0 Å². The van der Waals surface area contributed by atoms with Crippen LogP contribution in [0.3, 0.4) is 0 Å². The van der Waals surface area contributed by atoms with Crippen LogP contribution in [0.15, 0.2) is 59.5 Å². The van der Waals surface area contributed by atoms with E-state index in [9.17, 15) is 13.2 Å². The quantitative estimate of drug-likeness (QED) is 0.664. The Labute approximate surface area is 160 Å². The zero-order valence-electron chi connectivity index (χ0n) is 15.7. The Kier molecular flexibility index (Phi) is 7.38. The van der Waals surface area contributed by atoms with Crippen LogP contribution in [0, 0.1) is 5.92 Å². The summed E-state index contributed by atoms with van der Waals surface area (Å²) in [5.74, 6) is -0.298. The van der Waals surface area contributed by atoms with Gasteiger partial charge in [0.25, 0.3) is 0 Å². The number of hydrogen-bond donors (Lipinski definition) is 1. The van der Waals surface area contributed by atoms with Gasteiger partial charge in [0.05, 0.1) is 11.5 Å². The standard InChI is InChI=1S/C20H25NO5S/c1-4-25-17-10-12-18(13-11-17)27(23,24)21-19(15(2)3)20(22)26-14-16-8-6-5-7-9-16/h5-13,15,19,21H,4,14H2,1-3H3/t19-/m0/s1. The molecule has 0 unspecified atom stereocenters. The van der Waals surface area contributed by atoms with Crippen molar-refractivity contribution in [1.82, 2.24) is 4.72 Å². The molecule has 1 N–H and O–H groups in total. The second kappa shape index (κ2) is 9.53. The van der Waals surface area contributed by atoms with Gasteiger partial charge in [0, 0.05) is 0 Å². The fourth-order valence-corrected chi connectivity index (χ4v) is 3.72. The monoisotopic (exact) mass is 391 g/mol. The number of carbonyl (C=O) groups is 1. The molecule has 1 atom stereocenters. The molecule has 0 radical (unpaired) electrons. The van der Waals surface area contributed by atoms with E-state index < -0.39 is 22.0 Å². The maximum atomic E-state index is 12.6. The molecule has 7 heteroatoms. The molecule has 0 heterocycles. The number of hydrogen-bond acceptors (Lipinski definition) is 5. The summed E-state index contributed by atoms with van der Waals surface area (Å²) in [5, 5.41) is 0. The van der Waals surface area contributed by atoms with Crippen molar-refractivity contribution in [3.8, 4) is 5.75 Å². The molecule has 0 aliphatic rings. The zero-order valence-corrected chi connectivity index (χ0v) is 16.5. The maximum absolute atomic E-state index is 12.6. The highest BCUT2D eigenvalue weighted by Crippen LogP contribution is 2.18. The molecule has 0 saturated heterocycles. The molecular weight excluding hydrogens is 366 g/mol. The summed E-state index contributed by atoms with van der Waals surface area (Å²) in [4.78, 5) is 12.5. The van der Waals surface area contributed by atoms with Crippen LogP contribution in [0.2, 0.25) is 0 Å². The normalized spacial score (nSPS) is 12.6. The molecule has 0 amide bonds. The summed E-state index contributed by atoms with van der Waals surface area (Å²) in [6.45, 7) is 5.95. The highest BCUT2D eigenvalue weighted by molar-refractivity contribution is 7.89. The van der Waals surface area contributed by atoms with E-state index in [1.165, 1.54) is 12.1 Å². The minimum atomic E-state index is -3.87. The van der Waals surface area contributed by atoms with Crippen molar-refractivity contribution >= 4 is 16.0 Å². The first-order valence-corrected chi connectivity index (χ1v) is 10.3. The van der Waals surface area contributed by atoms with Crippen molar-refractivity contribution in [1.29, 1.82) is 0 Å². The lowest BCUT2D eigenvalue weighted by Gasteiger charge is -2.21. The predicted octanol–water partition coefficient (Wildman–Crippen LogP) is 3.13. The first-order chi connectivity index (χ1) is 12.8. The number of rotatable bonds is 9. The van der Waals surface area contributed by atoms with Gasteiger partial charge in [-0.2, -0.15) is 4.72 Å². The molecule has 146 valence electrons. The van der Waals surface area contributed by atoms with E-state index in [2.05, 4.69) is 4.72 Å². The molecule has 0 aromatic heterocycles. The number of carbonyl (C=O) groups excluding carboxylic acids is 1. The Balaban J connectivity index is 2.08. The molecule has 27 heavy (non-hydrogen) atoms. The summed E-state index contributed by atoms with van der Waals surface area (Å²) < 4.78 is 38.3. The molecule has 0 aliphatic carbocycles. The van der Waals surface area contributed by atoms with E-state index in [-0.39, 0.29) is 17.4 Å². The average Bonchev–Trinajstić information content (AvgIpc) is 2.65. The summed E-state index contributed by atoms with van der Waals surface area (Å²) in [6.07, 6.45) is 0. The highest BCUT2D eigenvalue weighted by atomic mass is 32.2. The van der Waals surface area contributed by atoms with Gasteiger partial charge in [-0.15, -0.1) is 0 Å². The number of esters is 1. The summed E-state index contributed by atoms with van der Waals surface area (Å²) in [7, 11) is -3.87. The molecule has 2 rings (SSSR count). The Morgan fingerprint density at radius 1 is 1.04 bits per heavy atom. The molecule has 0 bridgehead atoms. The van der Waals surface area contributed by atoms with Crippen LogP contribution >= 0.6 is 0 Å². The van der Waals surface area contributed by atoms with Crippen molar-refractivity contribution in [2.75, 3.05) is 6.61 Å². The van der Waals surface area contributed by atoms with E-state index in [0.717, 1.165) is 5.56 Å². The van der Waals surface area contributed by atoms with Crippen molar-refractivity contribution in [2.24, 2.45) is 5.92 Å². The Morgan fingerprint density at radius 2 is 1.67 bits per heavy atom. The van der Waals surface area contributed by atoms with E-state index >= 15 is 0 Å². The van der Waals surface area contributed by atoms with Gasteiger partial charge in [0.2, 0.25) is 10.0 Å². The fourth-order valence-electron chi connectivity index (χ4n) is 2.39. The third-order valence-corrected chi connectivity index (χ3v) is 5.33. The summed E-state index contributed by atoms with van der Waals surface area (Å²) >= 11 is 0. The largest absolute Gasteiger partial charge is 0.494 e.